The monoisotopic (exact) mass is 218 g/mol. The quantitative estimate of drug-likeness (QED) is 0.774. The Hall–Kier alpha value is -1.84. The van der Waals surface area contributed by atoms with Crippen LogP contribution in [0.5, 0.6) is 5.75 Å². The molecule has 0 aromatic heterocycles. The molecular formula is C12H10O4. The Morgan fingerprint density at radius 2 is 2.31 bits per heavy atom. The molecular weight excluding hydrogens is 208 g/mol. The summed E-state index contributed by atoms with van der Waals surface area (Å²) in [5.41, 5.74) is 0.206. The minimum atomic E-state index is -1.28. The summed E-state index contributed by atoms with van der Waals surface area (Å²) in [6.07, 6.45) is 0.287. The van der Waals surface area contributed by atoms with Crippen LogP contribution < -0.4 is 4.74 Å². The summed E-state index contributed by atoms with van der Waals surface area (Å²) in [6, 6.07) is 5.23. The van der Waals surface area contributed by atoms with E-state index in [0.717, 1.165) is 5.56 Å². The van der Waals surface area contributed by atoms with E-state index < -0.39 is 17.5 Å². The van der Waals surface area contributed by atoms with Gasteiger partial charge in [0, 0.05) is 6.42 Å². The summed E-state index contributed by atoms with van der Waals surface area (Å²) < 4.78 is 5.46. The van der Waals surface area contributed by atoms with E-state index in [2.05, 4.69) is 0 Å². The number of ether oxygens (including phenoxy) is 1. The van der Waals surface area contributed by atoms with Crippen molar-refractivity contribution in [3.05, 3.63) is 29.3 Å². The summed E-state index contributed by atoms with van der Waals surface area (Å²) in [5, 5.41) is 9.06. The lowest BCUT2D eigenvalue weighted by Gasteiger charge is -2.22. The normalized spacial score (nSPS) is 30.1. The zero-order chi connectivity index (χ0) is 11.5. The van der Waals surface area contributed by atoms with Gasteiger partial charge >= 0.3 is 5.97 Å². The molecule has 0 unspecified atom stereocenters. The van der Waals surface area contributed by atoms with E-state index in [1.165, 1.54) is 0 Å². The van der Waals surface area contributed by atoms with Gasteiger partial charge in [0.1, 0.15) is 5.75 Å². The maximum Gasteiger partial charge on any atom is 0.348 e. The van der Waals surface area contributed by atoms with Gasteiger partial charge in [-0.25, -0.2) is 4.79 Å². The molecule has 3 rings (SSSR count). The molecule has 1 saturated carbocycles. The standard InChI is InChI=1S/C12H10O4/c1-6-2-3-9-7(4-6)10(13)8-5-12(8,16-9)11(14)15/h2-4,8H,5H2,1H3,(H,14,15)/t8-,12-/m1/s1. The van der Waals surface area contributed by atoms with Gasteiger partial charge in [-0.15, -0.1) is 0 Å². The number of Topliss-reactive ketones (excluding diaryl/α,β-unsaturated/α-hetero) is 1. The van der Waals surface area contributed by atoms with E-state index in [0.29, 0.717) is 11.3 Å². The fraction of sp³-hybridized carbons (Fsp3) is 0.333. The number of benzene rings is 1. The summed E-state index contributed by atoms with van der Waals surface area (Å²) in [7, 11) is 0. The first-order chi connectivity index (χ1) is 7.54. The number of carbonyl (C=O) groups is 2. The molecule has 82 valence electrons. The number of carboxylic acid groups (broad SMARTS) is 1. The Morgan fingerprint density at radius 3 is 3.00 bits per heavy atom. The third kappa shape index (κ3) is 0.988. The molecule has 4 heteroatoms. The van der Waals surface area contributed by atoms with Crippen LogP contribution in [0.2, 0.25) is 0 Å². The summed E-state index contributed by atoms with van der Waals surface area (Å²) in [5.74, 6) is -1.25. The van der Waals surface area contributed by atoms with Crippen LogP contribution in [0.4, 0.5) is 0 Å². The molecule has 2 atom stereocenters. The number of fused-ring (bicyclic) bond motifs is 2. The number of aliphatic carboxylic acids is 1. The number of carbonyl (C=O) groups excluding carboxylic acids is 1. The molecule has 4 nitrogen and oxygen atoms in total. The molecule has 1 aliphatic carbocycles. The average molecular weight is 218 g/mol. The first-order valence-corrected chi connectivity index (χ1v) is 5.12. The molecule has 1 aliphatic heterocycles. The van der Waals surface area contributed by atoms with Gasteiger partial charge in [-0.2, -0.15) is 0 Å². The minimum absolute atomic E-state index is 0.104. The number of ketones is 1. The second-order valence-electron chi connectivity index (χ2n) is 4.42. The van der Waals surface area contributed by atoms with E-state index in [4.69, 9.17) is 9.84 Å². The third-order valence-corrected chi connectivity index (χ3v) is 3.28. The predicted molar refractivity (Wildman–Crippen MR) is 54.6 cm³/mol. The molecule has 0 spiro atoms. The van der Waals surface area contributed by atoms with E-state index in [1.54, 1.807) is 12.1 Å². The lowest BCUT2D eigenvalue weighted by atomic mass is 9.99. The van der Waals surface area contributed by atoms with Crippen LogP contribution in [0.15, 0.2) is 18.2 Å². The molecule has 2 aliphatic rings. The van der Waals surface area contributed by atoms with Gasteiger partial charge < -0.3 is 9.84 Å². The zero-order valence-electron chi connectivity index (χ0n) is 8.69. The maximum atomic E-state index is 12.0. The number of aryl methyl sites for hydroxylation is 1. The molecule has 16 heavy (non-hydrogen) atoms. The highest BCUT2D eigenvalue weighted by molar-refractivity contribution is 6.09. The van der Waals surface area contributed by atoms with Crippen molar-refractivity contribution >= 4 is 11.8 Å². The Morgan fingerprint density at radius 1 is 1.56 bits per heavy atom. The van der Waals surface area contributed by atoms with Crippen LogP contribution in [-0.4, -0.2) is 22.5 Å². The van der Waals surface area contributed by atoms with Crippen LogP contribution in [0.25, 0.3) is 0 Å². The van der Waals surface area contributed by atoms with Crippen molar-refractivity contribution in [1.29, 1.82) is 0 Å². The molecule has 0 radical (unpaired) electrons. The molecule has 1 aromatic carbocycles. The van der Waals surface area contributed by atoms with Crippen molar-refractivity contribution in [3.8, 4) is 5.75 Å². The van der Waals surface area contributed by atoms with Crippen LogP contribution in [-0.2, 0) is 4.79 Å². The molecule has 1 N–H and O–H groups in total. The van der Waals surface area contributed by atoms with Crippen LogP contribution in [0.3, 0.4) is 0 Å². The number of rotatable bonds is 1. The van der Waals surface area contributed by atoms with Gasteiger partial charge in [-0.3, -0.25) is 4.79 Å². The zero-order valence-corrected chi connectivity index (χ0v) is 8.69. The summed E-state index contributed by atoms with van der Waals surface area (Å²) in [6.45, 7) is 1.89. The minimum Gasteiger partial charge on any atom is -0.478 e. The van der Waals surface area contributed by atoms with Crippen molar-refractivity contribution in [1.82, 2.24) is 0 Å². The maximum absolute atomic E-state index is 12.0. The lowest BCUT2D eigenvalue weighted by molar-refractivity contribution is -0.148. The third-order valence-electron chi connectivity index (χ3n) is 3.28. The van der Waals surface area contributed by atoms with Gasteiger partial charge in [0.15, 0.2) is 5.78 Å². The lowest BCUT2D eigenvalue weighted by Crippen LogP contribution is -2.37. The van der Waals surface area contributed by atoms with Gasteiger partial charge in [-0.1, -0.05) is 11.6 Å². The Labute approximate surface area is 91.8 Å². The molecule has 0 saturated heterocycles. The van der Waals surface area contributed by atoms with Gasteiger partial charge in [0.05, 0.1) is 11.5 Å². The second-order valence-corrected chi connectivity index (χ2v) is 4.42. The van der Waals surface area contributed by atoms with Crippen LogP contribution in [0.1, 0.15) is 22.3 Å². The largest absolute Gasteiger partial charge is 0.478 e. The van der Waals surface area contributed by atoms with E-state index >= 15 is 0 Å². The van der Waals surface area contributed by atoms with Crippen LogP contribution in [0, 0.1) is 12.8 Å². The predicted octanol–water partition coefficient (Wildman–Crippen LogP) is 1.41. The SMILES string of the molecule is Cc1ccc2c(c1)C(=O)[C@H]1C[C@@]1(C(=O)O)O2. The van der Waals surface area contributed by atoms with Crippen molar-refractivity contribution in [3.63, 3.8) is 0 Å². The number of carboxylic acids is 1. The Balaban J connectivity index is 2.11. The summed E-state index contributed by atoms with van der Waals surface area (Å²) >= 11 is 0. The topological polar surface area (TPSA) is 63.6 Å². The molecule has 1 aromatic rings. The number of hydrogen-bond acceptors (Lipinski definition) is 3. The highest BCUT2D eigenvalue weighted by Crippen LogP contribution is 2.53. The fourth-order valence-corrected chi connectivity index (χ4v) is 2.25. The molecule has 0 amide bonds. The Kier molecular flexibility index (Phi) is 1.55. The highest BCUT2D eigenvalue weighted by Gasteiger charge is 2.69. The van der Waals surface area contributed by atoms with Crippen molar-refractivity contribution < 1.29 is 19.4 Å². The van der Waals surface area contributed by atoms with E-state index in [9.17, 15) is 9.59 Å². The average Bonchev–Trinajstić information content (AvgIpc) is 2.96. The Bertz CT molecular complexity index is 520. The molecule has 1 fully saturated rings. The van der Waals surface area contributed by atoms with Gasteiger partial charge in [-0.05, 0) is 19.1 Å². The second kappa shape index (κ2) is 2.64. The molecule has 0 bridgehead atoms. The van der Waals surface area contributed by atoms with E-state index in [1.807, 2.05) is 13.0 Å². The van der Waals surface area contributed by atoms with Crippen LogP contribution >= 0.6 is 0 Å². The smallest absolute Gasteiger partial charge is 0.348 e. The number of hydrogen-bond donors (Lipinski definition) is 1. The van der Waals surface area contributed by atoms with Crippen molar-refractivity contribution in [2.45, 2.75) is 18.9 Å². The van der Waals surface area contributed by atoms with Crippen molar-refractivity contribution in [2.75, 3.05) is 0 Å². The highest BCUT2D eigenvalue weighted by atomic mass is 16.5. The van der Waals surface area contributed by atoms with Gasteiger partial charge in [0.25, 0.3) is 0 Å². The summed E-state index contributed by atoms with van der Waals surface area (Å²) in [4.78, 5) is 23.0. The molecule has 1 heterocycles. The first-order valence-electron chi connectivity index (χ1n) is 5.12. The fourth-order valence-electron chi connectivity index (χ4n) is 2.25. The van der Waals surface area contributed by atoms with E-state index in [-0.39, 0.29) is 12.2 Å². The van der Waals surface area contributed by atoms with Crippen molar-refractivity contribution in [2.24, 2.45) is 5.92 Å². The van der Waals surface area contributed by atoms with Gasteiger partial charge in [0.2, 0.25) is 5.60 Å². The first kappa shape index (κ1) is 9.39.